The van der Waals surface area contributed by atoms with Gasteiger partial charge in [0.1, 0.15) is 0 Å². The van der Waals surface area contributed by atoms with Crippen molar-refractivity contribution in [3.63, 3.8) is 0 Å². The minimum absolute atomic E-state index is 0. The first-order valence-electron chi connectivity index (χ1n) is 9.02. The van der Waals surface area contributed by atoms with E-state index in [1.165, 1.54) is 38.5 Å². The molecule has 0 saturated carbocycles. The average molecular weight is 338 g/mol. The molecule has 0 atom stereocenters. The van der Waals surface area contributed by atoms with E-state index in [-0.39, 0.29) is 55.8 Å². The van der Waals surface area contributed by atoms with Gasteiger partial charge in [-0.05, 0) is 12.8 Å². The molecule has 0 aromatic heterocycles. The molecule has 0 amide bonds. The third-order valence-electron chi connectivity index (χ3n) is 3.56. The van der Waals surface area contributed by atoms with Crippen molar-refractivity contribution in [2.24, 2.45) is 0 Å². The second-order valence-electron chi connectivity index (χ2n) is 5.77. The van der Waals surface area contributed by atoms with E-state index in [0.717, 1.165) is 25.7 Å². The van der Waals surface area contributed by atoms with Crippen LogP contribution in [-0.2, 0) is 19.1 Å². The fourth-order valence-corrected chi connectivity index (χ4v) is 2.13. The molecule has 0 saturated heterocycles. The fraction of sp³-hybridized carbons (Fsp3) is 0.889. The van der Waals surface area contributed by atoms with Gasteiger partial charge >= 0.3 is 41.5 Å². The van der Waals surface area contributed by atoms with Gasteiger partial charge in [0.15, 0.2) is 0 Å². The standard InChI is InChI=1S/C18H34O4.Na.H/c1-3-5-7-9-11-15-21-17(19)13-14-18(20)22-16-12-10-8-6-4-2;;/h3-16H2,1-2H3;;/q;+1;-1. The number of carbonyl (C=O) groups excluding carboxylic acids is 2. The summed E-state index contributed by atoms with van der Waals surface area (Å²) in [7, 11) is 0. The second-order valence-corrected chi connectivity index (χ2v) is 5.77. The molecule has 0 unspecified atom stereocenters. The molecule has 0 aromatic carbocycles. The molecule has 5 heteroatoms. The van der Waals surface area contributed by atoms with Gasteiger partial charge < -0.3 is 10.9 Å². The van der Waals surface area contributed by atoms with Gasteiger partial charge in [-0.2, -0.15) is 0 Å². The van der Waals surface area contributed by atoms with Crippen molar-refractivity contribution >= 4 is 11.9 Å². The molecule has 0 aliphatic rings. The van der Waals surface area contributed by atoms with Gasteiger partial charge in [-0.25, -0.2) is 0 Å². The smallest absolute Gasteiger partial charge is 1.00 e. The van der Waals surface area contributed by atoms with Crippen LogP contribution in [0.5, 0.6) is 0 Å². The Morgan fingerprint density at radius 2 is 1.00 bits per heavy atom. The maximum Gasteiger partial charge on any atom is 1.00 e. The number of hydrogen-bond acceptors (Lipinski definition) is 4. The molecule has 0 rings (SSSR count). The maximum absolute atomic E-state index is 11.5. The summed E-state index contributed by atoms with van der Waals surface area (Å²) in [5.74, 6) is -0.592. The van der Waals surface area contributed by atoms with E-state index < -0.39 is 0 Å². The van der Waals surface area contributed by atoms with Crippen molar-refractivity contribution in [1.82, 2.24) is 0 Å². The molecule has 0 aromatic rings. The van der Waals surface area contributed by atoms with E-state index in [1.54, 1.807) is 0 Å². The largest absolute Gasteiger partial charge is 1.00 e. The van der Waals surface area contributed by atoms with Crippen molar-refractivity contribution < 1.29 is 50.0 Å². The van der Waals surface area contributed by atoms with Crippen LogP contribution in [0.25, 0.3) is 0 Å². The molecule has 0 radical (unpaired) electrons. The summed E-state index contributed by atoms with van der Waals surface area (Å²) in [6.07, 6.45) is 11.5. The third kappa shape index (κ3) is 19.9. The number of hydrogen-bond donors (Lipinski definition) is 0. The first-order valence-corrected chi connectivity index (χ1v) is 9.02. The third-order valence-corrected chi connectivity index (χ3v) is 3.56. The molecule has 132 valence electrons. The SMILES string of the molecule is CCCCCCCOC(=O)CCC(=O)OCCCCCCC.[H-].[Na+]. The van der Waals surface area contributed by atoms with Crippen LogP contribution in [0.3, 0.4) is 0 Å². The summed E-state index contributed by atoms with van der Waals surface area (Å²) in [6.45, 7) is 5.28. The molecule has 0 fully saturated rings. The number of rotatable bonds is 15. The van der Waals surface area contributed by atoms with Gasteiger partial charge in [-0.3, -0.25) is 9.59 Å². The topological polar surface area (TPSA) is 52.6 Å². The van der Waals surface area contributed by atoms with Gasteiger partial charge in [0.25, 0.3) is 0 Å². The van der Waals surface area contributed by atoms with E-state index in [2.05, 4.69) is 13.8 Å². The van der Waals surface area contributed by atoms with Crippen molar-refractivity contribution in [3.8, 4) is 0 Å². The molecular weight excluding hydrogens is 303 g/mol. The Labute approximate surface area is 165 Å². The molecule has 0 aliphatic carbocycles. The molecule has 0 bridgehead atoms. The van der Waals surface area contributed by atoms with E-state index in [9.17, 15) is 9.59 Å². The van der Waals surface area contributed by atoms with Crippen LogP contribution in [0.4, 0.5) is 0 Å². The Morgan fingerprint density at radius 1 is 0.652 bits per heavy atom. The normalized spacial score (nSPS) is 10.0. The zero-order chi connectivity index (χ0) is 16.5. The summed E-state index contributed by atoms with van der Waals surface area (Å²) in [5, 5.41) is 0. The minimum atomic E-state index is -0.296. The van der Waals surface area contributed by atoms with Crippen molar-refractivity contribution in [3.05, 3.63) is 0 Å². The van der Waals surface area contributed by atoms with Gasteiger partial charge in [0, 0.05) is 0 Å². The van der Waals surface area contributed by atoms with Crippen LogP contribution < -0.4 is 29.6 Å². The predicted molar refractivity (Wildman–Crippen MR) is 89.8 cm³/mol. The van der Waals surface area contributed by atoms with Crippen LogP contribution in [0, 0.1) is 0 Å². The van der Waals surface area contributed by atoms with Crippen LogP contribution in [0.2, 0.25) is 0 Å². The molecule has 0 heterocycles. The van der Waals surface area contributed by atoms with Gasteiger partial charge in [0.05, 0.1) is 26.1 Å². The fourth-order valence-electron chi connectivity index (χ4n) is 2.13. The van der Waals surface area contributed by atoms with Crippen LogP contribution in [0.1, 0.15) is 92.3 Å². The molecule has 0 spiro atoms. The van der Waals surface area contributed by atoms with Crippen molar-refractivity contribution in [2.45, 2.75) is 90.9 Å². The van der Waals surface area contributed by atoms with Crippen LogP contribution in [-0.4, -0.2) is 25.2 Å². The van der Waals surface area contributed by atoms with E-state index >= 15 is 0 Å². The molecule has 23 heavy (non-hydrogen) atoms. The Balaban J connectivity index is -0.00000220. The van der Waals surface area contributed by atoms with E-state index in [1.807, 2.05) is 0 Å². The first-order chi connectivity index (χ1) is 10.7. The van der Waals surface area contributed by atoms with Gasteiger partial charge in [-0.15, -0.1) is 0 Å². The van der Waals surface area contributed by atoms with E-state index in [4.69, 9.17) is 9.47 Å². The maximum atomic E-state index is 11.5. The summed E-state index contributed by atoms with van der Waals surface area (Å²) in [6, 6.07) is 0. The second kappa shape index (κ2) is 20.0. The number of carbonyl (C=O) groups is 2. The van der Waals surface area contributed by atoms with E-state index in [0.29, 0.717) is 13.2 Å². The summed E-state index contributed by atoms with van der Waals surface area (Å²) in [5.41, 5.74) is 0. The average Bonchev–Trinajstić information content (AvgIpc) is 2.52. The molecule has 0 N–H and O–H groups in total. The quantitative estimate of drug-likeness (QED) is 0.260. The molecule has 0 aliphatic heterocycles. The Hall–Kier alpha value is -0.0600. The molecular formula is C18H35NaO4. The summed E-state index contributed by atoms with van der Waals surface area (Å²) in [4.78, 5) is 22.9. The Kier molecular flexibility index (Phi) is 21.9. The minimum Gasteiger partial charge on any atom is -1.00 e. The molecule has 4 nitrogen and oxygen atoms in total. The number of esters is 2. The van der Waals surface area contributed by atoms with Gasteiger partial charge in [0.2, 0.25) is 0 Å². The van der Waals surface area contributed by atoms with Crippen molar-refractivity contribution in [1.29, 1.82) is 0 Å². The van der Waals surface area contributed by atoms with Crippen molar-refractivity contribution in [2.75, 3.05) is 13.2 Å². The monoisotopic (exact) mass is 338 g/mol. The summed E-state index contributed by atoms with van der Waals surface area (Å²) < 4.78 is 10.2. The first kappa shape index (κ1) is 25.2. The summed E-state index contributed by atoms with van der Waals surface area (Å²) >= 11 is 0. The predicted octanol–water partition coefficient (Wildman–Crippen LogP) is 1.91. The zero-order valence-corrected chi connectivity index (χ0v) is 17.5. The number of ether oxygens (including phenoxy) is 2. The van der Waals surface area contributed by atoms with Crippen LogP contribution >= 0.6 is 0 Å². The Bertz CT molecular complexity index is 260. The van der Waals surface area contributed by atoms with Gasteiger partial charge in [-0.1, -0.05) is 65.2 Å². The van der Waals surface area contributed by atoms with Crippen LogP contribution in [0.15, 0.2) is 0 Å². The number of unbranched alkanes of at least 4 members (excludes halogenated alkanes) is 8. The Morgan fingerprint density at radius 3 is 1.35 bits per heavy atom. The zero-order valence-electron chi connectivity index (χ0n) is 16.5.